The minimum atomic E-state index is 0.373. The van der Waals surface area contributed by atoms with Crippen LogP contribution in [0.1, 0.15) is 30.5 Å². The molecule has 0 aliphatic rings. The monoisotopic (exact) mass is 264 g/mol. The van der Waals surface area contributed by atoms with Gasteiger partial charge in [0.15, 0.2) is 0 Å². The maximum atomic E-state index is 5.11. The number of benzene rings is 1. The van der Waals surface area contributed by atoms with Gasteiger partial charge >= 0.3 is 0 Å². The summed E-state index contributed by atoms with van der Waals surface area (Å²) in [7, 11) is 5.90. The van der Waals surface area contributed by atoms with Crippen molar-refractivity contribution in [3.05, 3.63) is 35.4 Å². The summed E-state index contributed by atoms with van der Waals surface area (Å²) in [5, 5.41) is 3.39. The highest BCUT2D eigenvalue weighted by Gasteiger charge is 2.11. The van der Waals surface area contributed by atoms with Crippen LogP contribution in [-0.2, 0) is 11.2 Å². The molecule has 0 radical (unpaired) electrons. The molecule has 0 amide bonds. The van der Waals surface area contributed by atoms with E-state index in [1.165, 1.54) is 17.5 Å². The topological polar surface area (TPSA) is 24.5 Å². The summed E-state index contributed by atoms with van der Waals surface area (Å²) in [5.41, 5.74) is 2.78. The van der Waals surface area contributed by atoms with Crippen LogP contribution in [0.25, 0.3) is 0 Å². The fourth-order valence-electron chi connectivity index (χ4n) is 2.22. The Morgan fingerprint density at radius 2 is 1.95 bits per heavy atom. The van der Waals surface area contributed by atoms with E-state index in [1.807, 2.05) is 7.05 Å². The third-order valence-corrected chi connectivity index (χ3v) is 3.44. The Labute approximate surface area is 118 Å². The van der Waals surface area contributed by atoms with Crippen LogP contribution in [0.15, 0.2) is 24.3 Å². The van der Waals surface area contributed by atoms with Crippen molar-refractivity contribution in [2.75, 3.05) is 40.9 Å². The normalized spacial score (nSPS) is 12.9. The maximum absolute atomic E-state index is 5.11. The molecule has 0 spiro atoms. The second-order valence-corrected chi connectivity index (χ2v) is 5.09. The molecule has 0 bridgehead atoms. The van der Waals surface area contributed by atoms with Crippen LogP contribution >= 0.6 is 0 Å². The molecule has 1 rings (SSSR count). The van der Waals surface area contributed by atoms with Gasteiger partial charge in [-0.25, -0.2) is 0 Å². The van der Waals surface area contributed by atoms with Crippen molar-refractivity contribution in [3.63, 3.8) is 0 Å². The molecule has 1 aromatic carbocycles. The molecule has 1 N–H and O–H groups in total. The first kappa shape index (κ1) is 16.2. The summed E-state index contributed by atoms with van der Waals surface area (Å²) < 4.78 is 5.11. The molecule has 3 nitrogen and oxygen atoms in total. The van der Waals surface area contributed by atoms with Gasteiger partial charge in [-0.15, -0.1) is 0 Å². The fraction of sp³-hybridized carbons (Fsp3) is 0.625. The minimum absolute atomic E-state index is 0.373. The zero-order chi connectivity index (χ0) is 14.1. The molecule has 0 heterocycles. The standard InChI is InChI=1S/C16H28N2O/c1-5-6-14-7-9-15(10-8-14)16(17-2)13-18(3)11-12-19-4/h7-10,16-17H,5-6,11-13H2,1-4H3. The number of nitrogens with one attached hydrogen (secondary N) is 1. The van der Waals surface area contributed by atoms with E-state index in [9.17, 15) is 0 Å². The van der Waals surface area contributed by atoms with Crippen LogP contribution in [0.3, 0.4) is 0 Å². The zero-order valence-electron chi connectivity index (χ0n) is 12.8. The number of hydrogen-bond donors (Lipinski definition) is 1. The highest BCUT2D eigenvalue weighted by molar-refractivity contribution is 5.25. The lowest BCUT2D eigenvalue weighted by Crippen LogP contribution is -2.33. The summed E-state index contributed by atoms with van der Waals surface area (Å²) in [6.07, 6.45) is 2.37. The molecule has 0 aliphatic carbocycles. The van der Waals surface area contributed by atoms with Crippen LogP contribution < -0.4 is 5.32 Å². The van der Waals surface area contributed by atoms with Crippen molar-refractivity contribution in [2.24, 2.45) is 0 Å². The van der Waals surface area contributed by atoms with E-state index in [4.69, 9.17) is 4.74 Å². The molecule has 1 aromatic rings. The molecule has 3 heteroatoms. The van der Waals surface area contributed by atoms with Crippen LogP contribution in [0.5, 0.6) is 0 Å². The Bertz CT molecular complexity index is 337. The fourth-order valence-corrected chi connectivity index (χ4v) is 2.22. The van der Waals surface area contributed by atoms with Gasteiger partial charge in [-0.2, -0.15) is 0 Å². The van der Waals surface area contributed by atoms with Crippen molar-refractivity contribution in [3.8, 4) is 0 Å². The smallest absolute Gasteiger partial charge is 0.0589 e. The lowest BCUT2D eigenvalue weighted by Gasteiger charge is -2.24. The average Bonchev–Trinajstić information content (AvgIpc) is 2.44. The van der Waals surface area contributed by atoms with Gasteiger partial charge in [0, 0.05) is 26.2 Å². The van der Waals surface area contributed by atoms with E-state index in [1.54, 1.807) is 7.11 Å². The van der Waals surface area contributed by atoms with Crippen molar-refractivity contribution >= 4 is 0 Å². The lowest BCUT2D eigenvalue weighted by atomic mass is 10.0. The Hall–Kier alpha value is -0.900. The largest absolute Gasteiger partial charge is 0.383 e. The highest BCUT2D eigenvalue weighted by Crippen LogP contribution is 2.15. The molecule has 108 valence electrons. The second-order valence-electron chi connectivity index (χ2n) is 5.09. The number of rotatable bonds is 9. The van der Waals surface area contributed by atoms with Gasteiger partial charge in [-0.3, -0.25) is 0 Å². The highest BCUT2D eigenvalue weighted by atomic mass is 16.5. The van der Waals surface area contributed by atoms with Gasteiger partial charge in [0.05, 0.1) is 6.61 Å². The molecule has 19 heavy (non-hydrogen) atoms. The lowest BCUT2D eigenvalue weighted by molar-refractivity contribution is 0.156. The first-order chi connectivity index (χ1) is 9.21. The Morgan fingerprint density at radius 1 is 1.26 bits per heavy atom. The molecule has 0 aromatic heterocycles. The molecule has 0 aliphatic heterocycles. The Balaban J connectivity index is 2.58. The number of likely N-dealkylation sites (N-methyl/N-ethyl adjacent to an activating group) is 2. The predicted octanol–water partition coefficient (Wildman–Crippen LogP) is 2.48. The molecule has 1 atom stereocenters. The Kier molecular flexibility index (Phi) is 7.72. The van der Waals surface area contributed by atoms with Crippen LogP contribution in [0.4, 0.5) is 0 Å². The molecule has 1 unspecified atom stereocenters. The van der Waals surface area contributed by atoms with Crippen molar-refractivity contribution < 1.29 is 4.74 Å². The van der Waals surface area contributed by atoms with E-state index in [-0.39, 0.29) is 0 Å². The van der Waals surface area contributed by atoms with E-state index in [0.29, 0.717) is 6.04 Å². The average molecular weight is 264 g/mol. The third-order valence-electron chi connectivity index (χ3n) is 3.44. The van der Waals surface area contributed by atoms with E-state index in [2.05, 4.69) is 48.5 Å². The molecule has 0 saturated carbocycles. The van der Waals surface area contributed by atoms with Crippen molar-refractivity contribution in [2.45, 2.75) is 25.8 Å². The van der Waals surface area contributed by atoms with Crippen LogP contribution in [0, 0.1) is 0 Å². The summed E-state index contributed by atoms with van der Waals surface area (Å²) in [6.45, 7) is 4.95. The molecular weight excluding hydrogens is 236 g/mol. The van der Waals surface area contributed by atoms with Crippen molar-refractivity contribution in [1.29, 1.82) is 0 Å². The first-order valence-electron chi connectivity index (χ1n) is 7.14. The van der Waals surface area contributed by atoms with E-state index in [0.717, 1.165) is 26.1 Å². The number of hydrogen-bond acceptors (Lipinski definition) is 3. The maximum Gasteiger partial charge on any atom is 0.0589 e. The van der Waals surface area contributed by atoms with Crippen LogP contribution in [0.2, 0.25) is 0 Å². The quantitative estimate of drug-likeness (QED) is 0.741. The van der Waals surface area contributed by atoms with Crippen LogP contribution in [-0.4, -0.2) is 45.8 Å². The summed E-state index contributed by atoms with van der Waals surface area (Å²) in [5.74, 6) is 0. The van der Waals surface area contributed by atoms with Gasteiger partial charge < -0.3 is 15.0 Å². The molecular formula is C16H28N2O. The Morgan fingerprint density at radius 3 is 2.47 bits per heavy atom. The summed E-state index contributed by atoms with van der Waals surface area (Å²) in [4.78, 5) is 2.30. The van der Waals surface area contributed by atoms with Gasteiger partial charge in [0.1, 0.15) is 0 Å². The number of methoxy groups -OCH3 is 1. The van der Waals surface area contributed by atoms with Gasteiger partial charge in [0.2, 0.25) is 0 Å². The van der Waals surface area contributed by atoms with E-state index >= 15 is 0 Å². The number of ether oxygens (including phenoxy) is 1. The number of aryl methyl sites for hydroxylation is 1. The predicted molar refractivity (Wildman–Crippen MR) is 81.6 cm³/mol. The third kappa shape index (κ3) is 5.72. The number of nitrogens with zero attached hydrogens (tertiary/aromatic N) is 1. The van der Waals surface area contributed by atoms with E-state index < -0.39 is 0 Å². The second kappa shape index (κ2) is 9.08. The summed E-state index contributed by atoms with van der Waals surface area (Å²) in [6, 6.07) is 9.36. The van der Waals surface area contributed by atoms with Crippen molar-refractivity contribution in [1.82, 2.24) is 10.2 Å². The van der Waals surface area contributed by atoms with Gasteiger partial charge in [0.25, 0.3) is 0 Å². The SMILES string of the molecule is CCCc1ccc(C(CN(C)CCOC)NC)cc1. The van der Waals surface area contributed by atoms with Gasteiger partial charge in [-0.1, -0.05) is 37.6 Å². The zero-order valence-corrected chi connectivity index (χ0v) is 12.8. The van der Waals surface area contributed by atoms with Gasteiger partial charge in [-0.05, 0) is 31.6 Å². The minimum Gasteiger partial charge on any atom is -0.383 e. The molecule has 0 fully saturated rings. The first-order valence-corrected chi connectivity index (χ1v) is 7.14. The summed E-state index contributed by atoms with van der Waals surface area (Å²) >= 11 is 0. The molecule has 0 saturated heterocycles.